The van der Waals surface area contributed by atoms with Crippen LogP contribution in [0.3, 0.4) is 0 Å². The maximum Gasteiger partial charge on any atom is 0.416 e. The lowest BCUT2D eigenvalue weighted by Gasteiger charge is -2.10. The van der Waals surface area contributed by atoms with Gasteiger partial charge in [0.05, 0.1) is 11.8 Å². The van der Waals surface area contributed by atoms with E-state index in [4.69, 9.17) is 9.26 Å². The molecule has 0 aliphatic heterocycles. The summed E-state index contributed by atoms with van der Waals surface area (Å²) in [6.45, 7) is 3.62. The Morgan fingerprint density at radius 3 is 2.73 bits per heavy atom. The molecule has 3 aromatic heterocycles. The predicted molar refractivity (Wildman–Crippen MR) is 124 cm³/mol. The van der Waals surface area contributed by atoms with Crippen LogP contribution in [0.25, 0.3) is 17.0 Å². The summed E-state index contributed by atoms with van der Waals surface area (Å²) in [5.41, 5.74) is 0.507. The Kier molecular flexibility index (Phi) is 5.85. The number of nitrogens with zero attached hydrogens (tertiary/aromatic N) is 4. The molecular weight excluding hydrogens is 493 g/mol. The first-order valence-electron chi connectivity index (χ1n) is 11.3. The number of carbonyl (C=O) groups excluding carboxylic acids is 2. The molecule has 3 heterocycles. The zero-order valence-corrected chi connectivity index (χ0v) is 19.7. The number of hydrogen-bond donors (Lipinski definition) is 2. The largest absolute Gasteiger partial charge is 0.443 e. The average Bonchev–Trinajstić information content (AvgIpc) is 3.23. The van der Waals surface area contributed by atoms with E-state index >= 15 is 0 Å². The van der Waals surface area contributed by atoms with E-state index in [0.717, 1.165) is 36.7 Å². The first-order valence-corrected chi connectivity index (χ1v) is 11.3. The fourth-order valence-corrected chi connectivity index (χ4v) is 3.54. The molecule has 0 atom stereocenters. The van der Waals surface area contributed by atoms with E-state index < -0.39 is 29.3 Å². The number of amides is 2. The van der Waals surface area contributed by atoms with E-state index in [2.05, 4.69) is 25.8 Å². The molecule has 1 saturated carbocycles. The number of alkyl carbamates (subject to hydrolysis) is 1. The summed E-state index contributed by atoms with van der Waals surface area (Å²) in [5, 5.41) is 9.24. The molecular formula is C24H21F3N6O4. The lowest BCUT2D eigenvalue weighted by molar-refractivity contribution is -0.137. The molecule has 1 aliphatic carbocycles. The highest BCUT2D eigenvalue weighted by atomic mass is 19.4. The van der Waals surface area contributed by atoms with Crippen LogP contribution in [0.1, 0.15) is 47.3 Å². The summed E-state index contributed by atoms with van der Waals surface area (Å²) in [6, 6.07) is 6.88. The van der Waals surface area contributed by atoms with Crippen LogP contribution < -0.4 is 10.6 Å². The molecule has 5 rings (SSSR count). The summed E-state index contributed by atoms with van der Waals surface area (Å²) in [6.07, 6.45) is -1.07. The minimum absolute atomic E-state index is 0.00602. The SMILES string of the molecule is Cc1ccc(-c2noc(CNC(=O)OC3(C)CC3)n2)cc1NC(=O)c1cnc2cc(C(F)(F)F)ccn12. The predicted octanol–water partition coefficient (Wildman–Crippen LogP) is 4.74. The number of nitrogens with one attached hydrogen (secondary N) is 2. The van der Waals surface area contributed by atoms with E-state index in [-0.39, 0.29) is 29.6 Å². The van der Waals surface area contributed by atoms with Gasteiger partial charge in [-0.25, -0.2) is 9.78 Å². The minimum atomic E-state index is -4.52. The Hall–Kier alpha value is -4.42. The molecule has 10 nitrogen and oxygen atoms in total. The Morgan fingerprint density at radius 2 is 2.00 bits per heavy atom. The highest BCUT2D eigenvalue weighted by Crippen LogP contribution is 2.38. The van der Waals surface area contributed by atoms with Crippen LogP contribution in [0.5, 0.6) is 0 Å². The molecule has 0 radical (unpaired) electrons. The molecule has 4 aromatic rings. The quantitative estimate of drug-likeness (QED) is 0.381. The number of imidazole rings is 1. The third kappa shape index (κ3) is 5.25. The van der Waals surface area contributed by atoms with Crippen molar-refractivity contribution in [2.24, 2.45) is 0 Å². The maximum absolute atomic E-state index is 13.0. The molecule has 192 valence electrons. The van der Waals surface area contributed by atoms with Crippen LogP contribution in [-0.2, 0) is 17.5 Å². The van der Waals surface area contributed by atoms with E-state index in [9.17, 15) is 22.8 Å². The van der Waals surface area contributed by atoms with Crippen LogP contribution >= 0.6 is 0 Å². The Morgan fingerprint density at radius 1 is 1.22 bits per heavy atom. The molecule has 37 heavy (non-hydrogen) atoms. The minimum Gasteiger partial charge on any atom is -0.443 e. The lowest BCUT2D eigenvalue weighted by Crippen LogP contribution is -2.28. The highest BCUT2D eigenvalue weighted by molar-refractivity contribution is 6.04. The van der Waals surface area contributed by atoms with E-state index in [1.165, 1.54) is 10.6 Å². The van der Waals surface area contributed by atoms with Gasteiger partial charge in [0, 0.05) is 17.4 Å². The zero-order valence-electron chi connectivity index (χ0n) is 19.7. The van der Waals surface area contributed by atoms with E-state index in [1.807, 2.05) is 6.92 Å². The molecule has 0 spiro atoms. The van der Waals surface area contributed by atoms with Crippen molar-refractivity contribution in [2.45, 2.75) is 45.0 Å². The zero-order chi connectivity index (χ0) is 26.4. The number of alkyl halides is 3. The van der Waals surface area contributed by atoms with Crippen molar-refractivity contribution >= 4 is 23.3 Å². The van der Waals surface area contributed by atoms with Crippen LogP contribution in [0.15, 0.2) is 47.2 Å². The van der Waals surface area contributed by atoms with Crippen molar-refractivity contribution in [3.63, 3.8) is 0 Å². The van der Waals surface area contributed by atoms with Crippen LogP contribution in [0.2, 0.25) is 0 Å². The van der Waals surface area contributed by atoms with Gasteiger partial charge in [-0.15, -0.1) is 0 Å². The van der Waals surface area contributed by atoms with Crippen LogP contribution in [0, 0.1) is 6.92 Å². The van der Waals surface area contributed by atoms with Gasteiger partial charge in [-0.3, -0.25) is 9.20 Å². The van der Waals surface area contributed by atoms with E-state index in [1.54, 1.807) is 25.1 Å². The van der Waals surface area contributed by atoms with Gasteiger partial charge in [0.1, 0.15) is 23.5 Å². The third-order valence-electron chi connectivity index (χ3n) is 5.96. The number of aryl methyl sites for hydroxylation is 1. The molecule has 0 saturated heterocycles. The fraction of sp³-hybridized carbons (Fsp3) is 0.292. The van der Waals surface area contributed by atoms with Crippen molar-refractivity contribution in [3.8, 4) is 11.4 Å². The van der Waals surface area contributed by atoms with Crippen molar-refractivity contribution in [1.29, 1.82) is 0 Å². The molecule has 0 unspecified atom stereocenters. The summed E-state index contributed by atoms with van der Waals surface area (Å²) >= 11 is 0. The first-order chi connectivity index (χ1) is 17.5. The Balaban J connectivity index is 1.29. The molecule has 13 heteroatoms. The number of rotatable bonds is 6. The fourth-order valence-electron chi connectivity index (χ4n) is 3.54. The van der Waals surface area contributed by atoms with Gasteiger partial charge in [0.25, 0.3) is 5.91 Å². The Bertz CT molecular complexity index is 1510. The standard InChI is InChI=1S/C24H21F3N6O4/c1-13-3-4-14(20-31-19(37-32-20)12-29-22(35)36-23(2)6-7-23)9-16(13)30-21(34)17-11-28-18-10-15(24(25,26)27)5-8-33(17)18/h3-5,8-11H,6-7,12H2,1-2H3,(H,29,35)(H,30,34). The molecule has 1 fully saturated rings. The van der Waals surface area contributed by atoms with Crippen LogP contribution in [0.4, 0.5) is 23.7 Å². The van der Waals surface area contributed by atoms with Crippen molar-refractivity contribution in [3.05, 3.63) is 65.4 Å². The second kappa shape index (κ2) is 8.91. The number of ether oxygens (including phenoxy) is 1. The maximum atomic E-state index is 13.0. The van der Waals surface area contributed by atoms with Crippen molar-refractivity contribution < 1.29 is 32.0 Å². The van der Waals surface area contributed by atoms with Gasteiger partial charge < -0.3 is 19.9 Å². The normalized spacial score (nSPS) is 14.4. The Labute approximate surface area is 207 Å². The lowest BCUT2D eigenvalue weighted by atomic mass is 10.1. The first kappa shape index (κ1) is 24.3. The summed E-state index contributed by atoms with van der Waals surface area (Å²) in [4.78, 5) is 33.0. The number of benzene rings is 1. The van der Waals surface area contributed by atoms with Gasteiger partial charge in [0.15, 0.2) is 0 Å². The summed E-state index contributed by atoms with van der Waals surface area (Å²) in [7, 11) is 0. The van der Waals surface area contributed by atoms with Crippen LogP contribution in [-0.4, -0.2) is 37.1 Å². The van der Waals surface area contributed by atoms with Crippen molar-refractivity contribution in [2.75, 3.05) is 5.32 Å². The van der Waals surface area contributed by atoms with E-state index in [0.29, 0.717) is 11.3 Å². The molecule has 1 aliphatic rings. The number of anilines is 1. The van der Waals surface area contributed by atoms with Gasteiger partial charge in [0.2, 0.25) is 11.7 Å². The molecule has 2 amide bonds. The number of carbonyl (C=O) groups is 2. The van der Waals surface area contributed by atoms with Crippen molar-refractivity contribution in [1.82, 2.24) is 24.8 Å². The number of aromatic nitrogens is 4. The number of pyridine rings is 1. The number of halogens is 3. The van der Waals surface area contributed by atoms with Gasteiger partial charge in [-0.05, 0) is 50.5 Å². The smallest absolute Gasteiger partial charge is 0.416 e. The second-order valence-corrected chi connectivity index (χ2v) is 8.97. The monoisotopic (exact) mass is 514 g/mol. The second-order valence-electron chi connectivity index (χ2n) is 8.97. The summed E-state index contributed by atoms with van der Waals surface area (Å²) < 4.78 is 50.7. The van der Waals surface area contributed by atoms with Gasteiger partial charge >= 0.3 is 12.3 Å². The number of hydrogen-bond acceptors (Lipinski definition) is 7. The van der Waals surface area contributed by atoms with Gasteiger partial charge in [-0.2, -0.15) is 18.2 Å². The summed E-state index contributed by atoms with van der Waals surface area (Å²) in [5.74, 6) is -0.152. The highest BCUT2D eigenvalue weighted by Gasteiger charge is 2.41. The number of fused-ring (bicyclic) bond motifs is 1. The molecule has 0 bridgehead atoms. The average molecular weight is 514 g/mol. The molecule has 2 N–H and O–H groups in total. The van der Waals surface area contributed by atoms with Gasteiger partial charge in [-0.1, -0.05) is 17.3 Å². The third-order valence-corrected chi connectivity index (χ3v) is 5.96. The molecule has 1 aromatic carbocycles. The topological polar surface area (TPSA) is 124 Å².